The van der Waals surface area contributed by atoms with E-state index in [-0.39, 0.29) is 43.8 Å². The van der Waals surface area contributed by atoms with Crippen LogP contribution in [0.5, 0.6) is 11.5 Å². The zero-order valence-electron chi connectivity index (χ0n) is 17.1. The molecule has 0 radical (unpaired) electrons. The molecule has 1 aliphatic rings. The lowest BCUT2D eigenvalue weighted by atomic mass is 10.2. The van der Waals surface area contributed by atoms with Crippen LogP contribution in [0.2, 0.25) is 0 Å². The smallest absolute Gasteiger partial charge is 0.265 e. The summed E-state index contributed by atoms with van der Waals surface area (Å²) < 4.78 is 10.5. The Hall–Kier alpha value is -3.55. The summed E-state index contributed by atoms with van der Waals surface area (Å²) in [5.41, 5.74) is 1.28. The van der Waals surface area contributed by atoms with Crippen LogP contribution in [0, 0.1) is 0 Å². The number of fused-ring (bicyclic) bond motifs is 1. The predicted molar refractivity (Wildman–Crippen MR) is 113 cm³/mol. The number of anilines is 2. The van der Waals surface area contributed by atoms with Crippen molar-refractivity contribution in [3.63, 3.8) is 0 Å². The van der Waals surface area contributed by atoms with Crippen molar-refractivity contribution in [2.45, 2.75) is 13.3 Å². The number of nitrogens with zero attached hydrogens (tertiary/aromatic N) is 2. The van der Waals surface area contributed by atoms with Crippen molar-refractivity contribution in [2.75, 3.05) is 43.6 Å². The van der Waals surface area contributed by atoms with Crippen molar-refractivity contribution in [3.05, 3.63) is 48.5 Å². The molecule has 8 heteroatoms. The summed E-state index contributed by atoms with van der Waals surface area (Å²) in [6.45, 7) is 2.33. The normalized spacial score (nSPS) is 12.6. The van der Waals surface area contributed by atoms with Gasteiger partial charge < -0.3 is 24.6 Å². The maximum Gasteiger partial charge on any atom is 0.265 e. The van der Waals surface area contributed by atoms with Crippen LogP contribution in [0.25, 0.3) is 0 Å². The summed E-state index contributed by atoms with van der Waals surface area (Å²) in [5, 5.41) is 2.77. The van der Waals surface area contributed by atoms with E-state index >= 15 is 0 Å². The number of hydrogen-bond donors (Lipinski definition) is 1. The molecule has 3 amide bonds. The number of nitrogens with one attached hydrogen (secondary N) is 1. The average molecular weight is 411 g/mol. The summed E-state index contributed by atoms with van der Waals surface area (Å²) in [5.74, 6) is 0.637. The van der Waals surface area contributed by atoms with Crippen LogP contribution >= 0.6 is 0 Å². The van der Waals surface area contributed by atoms with Gasteiger partial charge in [-0.05, 0) is 43.3 Å². The Morgan fingerprint density at radius 3 is 2.60 bits per heavy atom. The zero-order chi connectivity index (χ0) is 21.5. The standard InChI is InChI=1S/C22H25N3O5/c1-3-24(14-20(26)23-16-8-10-17(29-2)11-9-16)21(27)12-13-25-18-6-4-5-7-19(18)30-15-22(25)28/h4-11H,3,12-15H2,1-2H3,(H,23,26). The molecule has 1 aliphatic heterocycles. The molecule has 2 aromatic rings. The van der Waals surface area contributed by atoms with Crippen LogP contribution in [0.1, 0.15) is 13.3 Å². The molecule has 0 spiro atoms. The van der Waals surface area contributed by atoms with E-state index in [1.165, 1.54) is 4.90 Å². The molecular weight excluding hydrogens is 386 g/mol. The van der Waals surface area contributed by atoms with Crippen LogP contribution in [-0.2, 0) is 14.4 Å². The molecule has 30 heavy (non-hydrogen) atoms. The third kappa shape index (κ3) is 5.08. The number of amides is 3. The number of carbonyl (C=O) groups excluding carboxylic acids is 3. The molecule has 0 fully saturated rings. The van der Waals surface area contributed by atoms with Crippen molar-refractivity contribution in [1.29, 1.82) is 0 Å². The van der Waals surface area contributed by atoms with Gasteiger partial charge in [0.15, 0.2) is 6.61 Å². The highest BCUT2D eigenvalue weighted by Crippen LogP contribution is 2.31. The van der Waals surface area contributed by atoms with Gasteiger partial charge in [-0.15, -0.1) is 0 Å². The van der Waals surface area contributed by atoms with Crippen molar-refractivity contribution < 1.29 is 23.9 Å². The molecule has 0 bridgehead atoms. The Balaban J connectivity index is 1.55. The SMILES string of the molecule is CCN(CC(=O)Nc1ccc(OC)cc1)C(=O)CCN1C(=O)COc2ccccc21. The van der Waals surface area contributed by atoms with Gasteiger partial charge in [0.2, 0.25) is 11.8 Å². The lowest BCUT2D eigenvalue weighted by Crippen LogP contribution is -2.43. The molecule has 1 heterocycles. The van der Waals surface area contributed by atoms with Gasteiger partial charge in [-0.25, -0.2) is 0 Å². The van der Waals surface area contributed by atoms with Crippen LogP contribution in [0.15, 0.2) is 48.5 Å². The topological polar surface area (TPSA) is 88.2 Å². The van der Waals surface area contributed by atoms with Crippen LogP contribution in [0.4, 0.5) is 11.4 Å². The summed E-state index contributed by atoms with van der Waals surface area (Å²) in [4.78, 5) is 40.3. The van der Waals surface area contributed by atoms with E-state index in [1.54, 1.807) is 48.4 Å². The third-order valence-electron chi connectivity index (χ3n) is 4.80. The van der Waals surface area contributed by atoms with Gasteiger partial charge >= 0.3 is 0 Å². The highest BCUT2D eigenvalue weighted by Gasteiger charge is 2.26. The summed E-state index contributed by atoms with van der Waals surface area (Å²) in [6.07, 6.45) is 0.115. The number of rotatable bonds is 8. The van der Waals surface area contributed by atoms with E-state index in [1.807, 2.05) is 19.1 Å². The maximum absolute atomic E-state index is 12.7. The second-order valence-electron chi connectivity index (χ2n) is 6.74. The number of para-hydroxylation sites is 2. The zero-order valence-corrected chi connectivity index (χ0v) is 17.1. The minimum absolute atomic E-state index is 0.0486. The van der Waals surface area contributed by atoms with Crippen LogP contribution in [-0.4, -0.2) is 56.0 Å². The van der Waals surface area contributed by atoms with Gasteiger partial charge in [-0.2, -0.15) is 0 Å². The van der Waals surface area contributed by atoms with Gasteiger partial charge in [0.25, 0.3) is 5.91 Å². The van der Waals surface area contributed by atoms with E-state index in [2.05, 4.69) is 5.32 Å². The molecule has 3 rings (SSSR count). The number of methoxy groups -OCH3 is 1. The highest BCUT2D eigenvalue weighted by atomic mass is 16.5. The van der Waals surface area contributed by atoms with Gasteiger partial charge in [0.05, 0.1) is 19.3 Å². The molecule has 0 saturated carbocycles. The lowest BCUT2D eigenvalue weighted by Gasteiger charge is -2.30. The lowest BCUT2D eigenvalue weighted by molar-refractivity contribution is -0.134. The predicted octanol–water partition coefficient (Wildman–Crippen LogP) is 2.30. The van der Waals surface area contributed by atoms with Crippen molar-refractivity contribution in [1.82, 2.24) is 4.90 Å². The Kier molecular flexibility index (Phi) is 6.90. The van der Waals surface area contributed by atoms with Crippen LogP contribution < -0.4 is 19.7 Å². The Bertz CT molecular complexity index is 913. The Labute approximate surface area is 175 Å². The first-order valence-electron chi connectivity index (χ1n) is 9.75. The fourth-order valence-corrected chi connectivity index (χ4v) is 3.19. The summed E-state index contributed by atoms with van der Waals surface area (Å²) in [7, 11) is 1.57. The Morgan fingerprint density at radius 1 is 1.17 bits per heavy atom. The fourth-order valence-electron chi connectivity index (χ4n) is 3.19. The largest absolute Gasteiger partial charge is 0.497 e. The highest BCUT2D eigenvalue weighted by molar-refractivity contribution is 5.98. The molecule has 1 N–H and O–H groups in total. The van der Waals surface area contributed by atoms with Gasteiger partial charge in [0.1, 0.15) is 11.5 Å². The van der Waals surface area contributed by atoms with Crippen molar-refractivity contribution in [3.8, 4) is 11.5 Å². The van der Waals surface area contributed by atoms with E-state index in [0.717, 1.165) is 0 Å². The first-order chi connectivity index (χ1) is 14.5. The average Bonchev–Trinajstić information content (AvgIpc) is 2.77. The van der Waals surface area contributed by atoms with Crippen molar-refractivity contribution in [2.24, 2.45) is 0 Å². The number of likely N-dealkylation sites (N-methyl/N-ethyl adjacent to an activating group) is 1. The van der Waals surface area contributed by atoms with E-state index in [4.69, 9.17) is 9.47 Å². The number of carbonyl (C=O) groups is 3. The molecule has 0 aliphatic carbocycles. The first-order valence-corrected chi connectivity index (χ1v) is 9.75. The van der Waals surface area contributed by atoms with Crippen LogP contribution in [0.3, 0.4) is 0 Å². The van der Waals surface area contributed by atoms with E-state index in [9.17, 15) is 14.4 Å². The molecule has 0 aromatic heterocycles. The third-order valence-corrected chi connectivity index (χ3v) is 4.80. The minimum atomic E-state index is -0.289. The summed E-state index contributed by atoms with van der Waals surface area (Å²) >= 11 is 0. The second-order valence-corrected chi connectivity index (χ2v) is 6.74. The molecule has 2 aromatic carbocycles. The monoisotopic (exact) mass is 411 g/mol. The van der Waals surface area contributed by atoms with E-state index < -0.39 is 0 Å². The minimum Gasteiger partial charge on any atom is -0.497 e. The van der Waals surface area contributed by atoms with E-state index in [0.29, 0.717) is 29.4 Å². The Morgan fingerprint density at radius 2 is 1.90 bits per heavy atom. The van der Waals surface area contributed by atoms with Gasteiger partial charge in [0, 0.05) is 25.2 Å². The molecule has 0 saturated heterocycles. The number of hydrogen-bond acceptors (Lipinski definition) is 5. The molecule has 0 unspecified atom stereocenters. The van der Waals surface area contributed by atoms with Gasteiger partial charge in [-0.1, -0.05) is 12.1 Å². The summed E-state index contributed by atoms with van der Waals surface area (Å²) in [6, 6.07) is 14.2. The van der Waals surface area contributed by atoms with Crippen molar-refractivity contribution >= 4 is 29.1 Å². The number of benzene rings is 2. The first kappa shape index (κ1) is 21.2. The molecular formula is C22H25N3O5. The number of ether oxygens (including phenoxy) is 2. The second kappa shape index (κ2) is 9.78. The molecule has 158 valence electrons. The maximum atomic E-state index is 12.7. The molecule has 0 atom stereocenters. The quantitative estimate of drug-likeness (QED) is 0.720. The van der Waals surface area contributed by atoms with Gasteiger partial charge in [-0.3, -0.25) is 14.4 Å². The molecule has 8 nitrogen and oxygen atoms in total. The fraction of sp³-hybridized carbons (Fsp3) is 0.318.